The van der Waals surface area contributed by atoms with Crippen LogP contribution in [0.2, 0.25) is 0 Å². The van der Waals surface area contributed by atoms with Gasteiger partial charge in [-0.15, -0.1) is 0 Å². The first-order chi connectivity index (χ1) is 11.8. The van der Waals surface area contributed by atoms with Gasteiger partial charge in [0.25, 0.3) is 0 Å². The normalized spacial score (nSPS) is 10.5. The molecule has 0 atom stereocenters. The summed E-state index contributed by atoms with van der Waals surface area (Å²) in [7, 11) is 0. The van der Waals surface area contributed by atoms with Crippen molar-refractivity contribution in [3.8, 4) is 0 Å². The Morgan fingerprint density at radius 3 is 1.08 bits per heavy atom. The molecule has 0 bridgehead atoms. The molecule has 0 saturated heterocycles. The van der Waals surface area contributed by atoms with Crippen LogP contribution in [0.1, 0.15) is 0 Å². The van der Waals surface area contributed by atoms with Crippen molar-refractivity contribution >= 4 is 30.9 Å². The van der Waals surface area contributed by atoms with E-state index in [1.807, 2.05) is 91.0 Å². The van der Waals surface area contributed by atoms with Gasteiger partial charge >= 0.3 is 144 Å². The van der Waals surface area contributed by atoms with Crippen LogP contribution in [0.4, 0.5) is 0 Å². The molecule has 0 unspecified atom stereocenters. The summed E-state index contributed by atoms with van der Waals surface area (Å²) in [6, 6.07) is 29.6. The van der Waals surface area contributed by atoms with Crippen molar-refractivity contribution in [2.45, 2.75) is 0 Å². The summed E-state index contributed by atoms with van der Waals surface area (Å²) in [6.07, 6.45) is 0. The fraction of sp³-hybridized carbons (Fsp3) is 0. The van der Waals surface area contributed by atoms with Crippen LogP contribution in [0, 0.1) is 0 Å². The van der Waals surface area contributed by atoms with Crippen LogP contribution in [-0.4, -0.2) is 9.50 Å². The summed E-state index contributed by atoms with van der Waals surface area (Å²) in [4.78, 5) is 23.6. The van der Waals surface area contributed by atoms with E-state index in [4.69, 9.17) is 0 Å². The summed E-state index contributed by atoms with van der Waals surface area (Å²) in [5.74, 6) is 0. The van der Waals surface area contributed by atoms with Gasteiger partial charge in [0.1, 0.15) is 0 Å². The van der Waals surface area contributed by atoms with Crippen LogP contribution in [0.3, 0.4) is 0 Å². The van der Waals surface area contributed by atoms with E-state index in [9.17, 15) is 9.59 Å². The molecule has 24 heavy (non-hydrogen) atoms. The quantitative estimate of drug-likeness (QED) is 0.665. The second kappa shape index (κ2) is 7.57. The molecule has 0 amide bonds. The van der Waals surface area contributed by atoms with Gasteiger partial charge in [-0.25, -0.2) is 0 Å². The topological polar surface area (TPSA) is 34.1 Å². The van der Waals surface area contributed by atoms with Crippen LogP contribution in [0.15, 0.2) is 91.0 Å². The molecule has 3 rings (SSSR count). The van der Waals surface area contributed by atoms with Crippen LogP contribution >= 0.6 is 5.46 Å². The van der Waals surface area contributed by atoms with Crippen molar-refractivity contribution in [1.82, 2.24) is 0 Å². The first kappa shape index (κ1) is 16.6. The summed E-state index contributed by atoms with van der Waals surface area (Å²) in [6.45, 7) is 0. The number of hydrogen-bond acceptors (Lipinski definition) is 2. The molecule has 3 aromatic carbocycles. The molecule has 0 saturated carbocycles. The Labute approximate surface area is 143 Å². The Morgan fingerprint density at radius 1 is 0.542 bits per heavy atom. The Morgan fingerprint density at radius 2 is 0.833 bits per heavy atom. The second-order valence-electron chi connectivity index (χ2n) is 5.07. The Hall–Kier alpha value is -2.22. The van der Waals surface area contributed by atoms with E-state index in [2.05, 4.69) is 9.50 Å². The van der Waals surface area contributed by atoms with Gasteiger partial charge in [0.2, 0.25) is 0 Å². The van der Waals surface area contributed by atoms with Crippen molar-refractivity contribution < 1.29 is 21.9 Å². The molecule has 0 spiro atoms. The van der Waals surface area contributed by atoms with E-state index >= 15 is 0 Å². The number of rotatable bonds is 3. The molecular formula is C20H15CrO2P. The summed E-state index contributed by atoms with van der Waals surface area (Å²) >= 11 is -2.46. The van der Waals surface area contributed by atoms with Gasteiger partial charge < -0.3 is 0 Å². The second-order valence-corrected chi connectivity index (χ2v) is 13.3. The minimum absolute atomic E-state index is 1.03. The third kappa shape index (κ3) is 2.82. The first-order valence-corrected chi connectivity index (χ1v) is 12.1. The standard InChI is InChI=1S/C18H15P.2CO.Cr/c1-4-10-16(11-5-1)19(17-12-6-2-7-13-17)18-14-8-3-9-15-18;2*1-2;/h1-15H;;;. The van der Waals surface area contributed by atoms with Gasteiger partial charge in [-0.3, -0.25) is 0 Å². The van der Waals surface area contributed by atoms with Gasteiger partial charge in [-0.2, -0.15) is 0 Å². The zero-order valence-electron chi connectivity index (χ0n) is 12.8. The average Bonchev–Trinajstić information content (AvgIpc) is 2.68. The molecule has 0 aliphatic rings. The van der Waals surface area contributed by atoms with Gasteiger partial charge in [-0.05, 0) is 0 Å². The predicted octanol–water partition coefficient (Wildman–Crippen LogP) is 2.65. The average molecular weight is 370 g/mol. The van der Waals surface area contributed by atoms with Gasteiger partial charge in [0.05, 0.1) is 0 Å². The number of hydrogen-bond donors (Lipinski definition) is 0. The Bertz CT molecular complexity index is 939. The Kier molecular flexibility index (Phi) is 5.25. The van der Waals surface area contributed by atoms with Gasteiger partial charge in [0, 0.05) is 0 Å². The van der Waals surface area contributed by atoms with E-state index < -0.39 is 17.8 Å². The fourth-order valence-electron chi connectivity index (χ4n) is 2.81. The molecular weight excluding hydrogens is 355 g/mol. The van der Waals surface area contributed by atoms with Crippen LogP contribution in [0.25, 0.3) is 0 Å². The third-order valence-electron chi connectivity index (χ3n) is 3.79. The molecule has 4 heteroatoms. The molecule has 0 aliphatic heterocycles. The molecule has 0 aromatic heterocycles. The van der Waals surface area contributed by atoms with Crippen molar-refractivity contribution in [1.29, 1.82) is 0 Å². The predicted molar refractivity (Wildman–Crippen MR) is 96.5 cm³/mol. The maximum atomic E-state index is 11.8. The summed E-state index contributed by atoms with van der Waals surface area (Å²) < 4.78 is 4.18. The van der Waals surface area contributed by atoms with Gasteiger partial charge in [0.15, 0.2) is 0 Å². The zero-order chi connectivity index (χ0) is 16.8. The number of carbonyl (C=O) groups excluding carboxylic acids is 2. The van der Waals surface area contributed by atoms with Crippen LogP contribution in [-0.2, 0) is 21.9 Å². The fourth-order valence-corrected chi connectivity index (χ4v) is 12.1. The van der Waals surface area contributed by atoms with Crippen molar-refractivity contribution in [3.63, 3.8) is 0 Å². The third-order valence-corrected chi connectivity index (χ3v) is 14.1. The summed E-state index contributed by atoms with van der Waals surface area (Å²) in [5, 5.41) is 3.08. The van der Waals surface area contributed by atoms with Crippen molar-refractivity contribution in [3.05, 3.63) is 91.0 Å². The molecule has 0 heterocycles. The van der Waals surface area contributed by atoms with Crippen molar-refractivity contribution in [2.24, 2.45) is 0 Å². The summed E-state index contributed by atoms with van der Waals surface area (Å²) in [5.41, 5.74) is -2.39. The number of benzene rings is 3. The van der Waals surface area contributed by atoms with E-state index in [0.29, 0.717) is 0 Å². The van der Waals surface area contributed by atoms with Crippen molar-refractivity contribution in [2.75, 3.05) is 0 Å². The Balaban J connectivity index is 2.68. The molecule has 0 N–H and O–H groups in total. The molecule has 0 fully saturated rings. The van der Waals surface area contributed by atoms with Gasteiger partial charge in [-0.1, -0.05) is 0 Å². The molecule has 0 aliphatic carbocycles. The van der Waals surface area contributed by atoms with E-state index in [1.54, 1.807) is 0 Å². The van der Waals surface area contributed by atoms with E-state index in [-0.39, 0.29) is 0 Å². The molecule has 2 nitrogen and oxygen atoms in total. The minimum atomic E-state index is -2.46. The molecule has 118 valence electrons. The van der Waals surface area contributed by atoms with E-state index in [0.717, 1.165) is 15.9 Å². The SMILES string of the molecule is O=[C]=[Cr](=[C]=O)=[P](c1ccccc1)(c1ccccc1)c1ccccc1. The van der Waals surface area contributed by atoms with Crippen LogP contribution < -0.4 is 15.9 Å². The molecule has 3 aromatic rings. The van der Waals surface area contributed by atoms with Crippen LogP contribution in [0.5, 0.6) is 0 Å². The van der Waals surface area contributed by atoms with E-state index in [1.165, 1.54) is 0 Å². The molecule has 0 radical (unpaired) electrons. The first-order valence-electron chi connectivity index (χ1n) is 7.40. The monoisotopic (exact) mass is 370 g/mol. The maximum absolute atomic E-state index is 11.8. The zero-order valence-corrected chi connectivity index (χ0v) is 15.0.